The van der Waals surface area contributed by atoms with Crippen LogP contribution in [0.1, 0.15) is 22.3 Å². The molecule has 0 spiro atoms. The first-order chi connectivity index (χ1) is 10.3. The minimum atomic E-state index is 0.0539. The molecule has 21 heavy (non-hydrogen) atoms. The van der Waals surface area contributed by atoms with Gasteiger partial charge >= 0.3 is 0 Å². The van der Waals surface area contributed by atoms with Crippen LogP contribution in [0.5, 0.6) is 0 Å². The molecule has 0 bridgehead atoms. The van der Waals surface area contributed by atoms with Crippen LogP contribution in [-0.2, 0) is 18.0 Å². The van der Waals surface area contributed by atoms with Gasteiger partial charge in [-0.15, -0.1) is 0 Å². The van der Waals surface area contributed by atoms with E-state index < -0.39 is 0 Å². The summed E-state index contributed by atoms with van der Waals surface area (Å²) >= 11 is 0. The second-order valence-corrected chi connectivity index (χ2v) is 4.54. The number of ether oxygens (including phenoxy) is 1. The second-order valence-electron chi connectivity index (χ2n) is 4.54. The Morgan fingerprint density at radius 1 is 0.667 bits per heavy atom. The largest absolute Gasteiger partial charge is 0.473 e. The molecule has 3 heteroatoms. The summed E-state index contributed by atoms with van der Waals surface area (Å²) in [5.41, 5.74) is 3.79. The van der Waals surface area contributed by atoms with E-state index in [2.05, 4.69) is 0 Å². The highest BCUT2D eigenvalue weighted by Crippen LogP contribution is 2.08. The lowest BCUT2D eigenvalue weighted by molar-refractivity contribution is 0.281. The zero-order chi connectivity index (χ0) is 14.9. The molecule has 0 atom stereocenters. The smallest absolute Gasteiger partial charge is 0.0907 e. The number of benzene rings is 2. The van der Waals surface area contributed by atoms with Gasteiger partial charge in [-0.05, 0) is 34.4 Å². The van der Waals surface area contributed by atoms with Crippen LogP contribution < -0.4 is 0 Å². The summed E-state index contributed by atoms with van der Waals surface area (Å²) in [6.45, 7) is 0.108. The van der Waals surface area contributed by atoms with Crippen molar-refractivity contribution < 1.29 is 14.9 Å². The van der Waals surface area contributed by atoms with Crippen LogP contribution in [0.15, 0.2) is 61.1 Å². The zero-order valence-corrected chi connectivity index (χ0v) is 11.6. The molecule has 0 fully saturated rings. The van der Waals surface area contributed by atoms with Crippen LogP contribution >= 0.6 is 0 Å². The third-order valence-corrected chi connectivity index (χ3v) is 3.00. The Morgan fingerprint density at radius 2 is 1.05 bits per heavy atom. The molecule has 3 nitrogen and oxygen atoms in total. The highest BCUT2D eigenvalue weighted by atomic mass is 16.5. The molecular formula is C18H18O3. The number of hydrogen-bond acceptors (Lipinski definition) is 3. The molecule has 0 amide bonds. The predicted molar refractivity (Wildman–Crippen MR) is 83.9 cm³/mol. The van der Waals surface area contributed by atoms with Gasteiger partial charge in [0.1, 0.15) is 0 Å². The van der Waals surface area contributed by atoms with Crippen LogP contribution in [0.2, 0.25) is 0 Å². The van der Waals surface area contributed by atoms with Gasteiger partial charge < -0.3 is 14.9 Å². The maximum absolute atomic E-state index is 8.95. The van der Waals surface area contributed by atoms with Crippen LogP contribution in [0, 0.1) is 0 Å². The van der Waals surface area contributed by atoms with Gasteiger partial charge in [-0.2, -0.15) is 0 Å². The van der Waals surface area contributed by atoms with E-state index in [1.54, 1.807) is 12.5 Å². The lowest BCUT2D eigenvalue weighted by atomic mass is 10.1. The highest BCUT2D eigenvalue weighted by molar-refractivity contribution is 5.50. The Labute approximate surface area is 124 Å². The van der Waals surface area contributed by atoms with Gasteiger partial charge in [0.2, 0.25) is 0 Å². The number of aliphatic hydroxyl groups is 2. The quantitative estimate of drug-likeness (QED) is 0.799. The van der Waals surface area contributed by atoms with Crippen LogP contribution in [0.4, 0.5) is 0 Å². The molecular weight excluding hydrogens is 264 g/mol. The molecule has 0 aromatic heterocycles. The molecule has 0 heterocycles. The van der Waals surface area contributed by atoms with Crippen molar-refractivity contribution in [3.05, 3.63) is 83.3 Å². The molecule has 2 aromatic carbocycles. The van der Waals surface area contributed by atoms with Crippen LogP contribution in [0.25, 0.3) is 12.2 Å². The number of hydrogen-bond donors (Lipinski definition) is 2. The summed E-state index contributed by atoms with van der Waals surface area (Å²) < 4.78 is 5.29. The summed E-state index contributed by atoms with van der Waals surface area (Å²) in [5.74, 6) is 0. The SMILES string of the molecule is OCc1ccc(C=COC=Cc2ccc(CO)cc2)cc1. The van der Waals surface area contributed by atoms with Crippen molar-refractivity contribution >= 4 is 12.2 Å². The Balaban J connectivity index is 1.84. The fraction of sp³-hybridized carbons (Fsp3) is 0.111. The Kier molecular flexibility index (Phi) is 5.76. The van der Waals surface area contributed by atoms with Crippen molar-refractivity contribution in [1.82, 2.24) is 0 Å². The summed E-state index contributed by atoms with van der Waals surface area (Å²) in [5, 5.41) is 17.9. The van der Waals surface area contributed by atoms with E-state index >= 15 is 0 Å². The van der Waals surface area contributed by atoms with E-state index in [0.717, 1.165) is 22.3 Å². The van der Waals surface area contributed by atoms with E-state index in [-0.39, 0.29) is 13.2 Å². The molecule has 0 radical (unpaired) electrons. The Morgan fingerprint density at radius 3 is 1.38 bits per heavy atom. The van der Waals surface area contributed by atoms with Crippen molar-refractivity contribution in [2.45, 2.75) is 13.2 Å². The average Bonchev–Trinajstić information content (AvgIpc) is 2.55. The average molecular weight is 282 g/mol. The fourth-order valence-corrected chi connectivity index (χ4v) is 1.75. The summed E-state index contributed by atoms with van der Waals surface area (Å²) in [6.07, 6.45) is 6.90. The maximum atomic E-state index is 8.95. The van der Waals surface area contributed by atoms with Crippen LogP contribution in [0.3, 0.4) is 0 Å². The summed E-state index contributed by atoms with van der Waals surface area (Å²) in [4.78, 5) is 0. The number of aliphatic hydroxyl groups excluding tert-OH is 2. The minimum absolute atomic E-state index is 0.0539. The third kappa shape index (κ3) is 4.91. The zero-order valence-electron chi connectivity index (χ0n) is 11.6. The molecule has 108 valence electrons. The van der Waals surface area contributed by atoms with Gasteiger partial charge in [0, 0.05) is 0 Å². The molecule has 0 saturated carbocycles. The van der Waals surface area contributed by atoms with Crippen molar-refractivity contribution in [3.63, 3.8) is 0 Å². The van der Waals surface area contributed by atoms with Crippen molar-refractivity contribution in [2.24, 2.45) is 0 Å². The Hall–Kier alpha value is -2.36. The first-order valence-electron chi connectivity index (χ1n) is 6.70. The maximum Gasteiger partial charge on any atom is 0.0907 e. The molecule has 2 N–H and O–H groups in total. The van der Waals surface area contributed by atoms with Gasteiger partial charge in [0.05, 0.1) is 25.7 Å². The Bertz CT molecular complexity index is 540. The van der Waals surface area contributed by atoms with Crippen LogP contribution in [-0.4, -0.2) is 10.2 Å². The van der Waals surface area contributed by atoms with E-state index in [4.69, 9.17) is 14.9 Å². The molecule has 2 aromatic rings. The monoisotopic (exact) mass is 282 g/mol. The molecule has 0 saturated heterocycles. The lowest BCUT2D eigenvalue weighted by Gasteiger charge is -1.98. The van der Waals surface area contributed by atoms with Gasteiger partial charge in [-0.25, -0.2) is 0 Å². The summed E-state index contributed by atoms with van der Waals surface area (Å²) in [6, 6.07) is 15.2. The van der Waals surface area contributed by atoms with Gasteiger partial charge in [-0.1, -0.05) is 48.5 Å². The van der Waals surface area contributed by atoms with Gasteiger partial charge in [-0.3, -0.25) is 0 Å². The topological polar surface area (TPSA) is 49.7 Å². The molecule has 0 aliphatic carbocycles. The van der Waals surface area contributed by atoms with Gasteiger partial charge in [0.25, 0.3) is 0 Å². The van der Waals surface area contributed by atoms with Crippen molar-refractivity contribution in [1.29, 1.82) is 0 Å². The summed E-state index contributed by atoms with van der Waals surface area (Å²) in [7, 11) is 0. The normalized spacial score (nSPS) is 11.3. The van der Waals surface area contributed by atoms with E-state index in [1.807, 2.05) is 60.7 Å². The van der Waals surface area contributed by atoms with Crippen molar-refractivity contribution in [3.8, 4) is 0 Å². The second kappa shape index (κ2) is 8.04. The molecule has 0 aliphatic heterocycles. The predicted octanol–water partition coefficient (Wildman–Crippen LogP) is 3.33. The van der Waals surface area contributed by atoms with E-state index in [1.165, 1.54) is 0 Å². The number of rotatable bonds is 6. The molecule has 0 unspecified atom stereocenters. The van der Waals surface area contributed by atoms with E-state index in [9.17, 15) is 0 Å². The third-order valence-electron chi connectivity index (χ3n) is 3.00. The first kappa shape index (κ1) is 15.0. The standard InChI is InChI=1S/C18H18O3/c19-13-17-5-1-15(2-6-17)9-11-21-12-10-16-3-7-18(14-20)8-4-16/h1-12,19-20H,13-14H2. The molecule has 0 aliphatic rings. The fourth-order valence-electron chi connectivity index (χ4n) is 1.75. The van der Waals surface area contributed by atoms with Crippen molar-refractivity contribution in [2.75, 3.05) is 0 Å². The highest BCUT2D eigenvalue weighted by Gasteiger charge is 1.90. The molecule has 2 rings (SSSR count). The first-order valence-corrected chi connectivity index (χ1v) is 6.70. The van der Waals surface area contributed by atoms with E-state index in [0.29, 0.717) is 0 Å². The minimum Gasteiger partial charge on any atom is -0.473 e. The van der Waals surface area contributed by atoms with Gasteiger partial charge in [0.15, 0.2) is 0 Å². The lowest BCUT2D eigenvalue weighted by Crippen LogP contribution is -1.82.